The Morgan fingerprint density at radius 2 is 2.10 bits per heavy atom. The zero-order valence-corrected chi connectivity index (χ0v) is 11.8. The van der Waals surface area contributed by atoms with Gasteiger partial charge in [-0.25, -0.2) is 9.37 Å². The summed E-state index contributed by atoms with van der Waals surface area (Å²) in [7, 11) is 0. The molecule has 1 aromatic heterocycles. The van der Waals surface area contributed by atoms with Gasteiger partial charge in [0.15, 0.2) is 11.6 Å². The highest BCUT2D eigenvalue weighted by Crippen LogP contribution is 2.30. The van der Waals surface area contributed by atoms with E-state index in [2.05, 4.69) is 11.1 Å². The Kier molecular flexibility index (Phi) is 3.57. The van der Waals surface area contributed by atoms with Crippen molar-refractivity contribution in [3.05, 3.63) is 52.5 Å². The highest BCUT2D eigenvalue weighted by molar-refractivity contribution is 5.45. The fourth-order valence-corrected chi connectivity index (χ4v) is 2.58. The van der Waals surface area contributed by atoms with Crippen molar-refractivity contribution in [1.29, 1.82) is 5.26 Å². The van der Waals surface area contributed by atoms with Crippen molar-refractivity contribution in [3.63, 3.8) is 0 Å². The molecule has 4 heteroatoms. The van der Waals surface area contributed by atoms with Gasteiger partial charge in [-0.15, -0.1) is 0 Å². The van der Waals surface area contributed by atoms with Crippen molar-refractivity contribution in [2.45, 2.75) is 32.6 Å². The summed E-state index contributed by atoms with van der Waals surface area (Å²) in [5, 5.41) is 9.26. The third-order valence-electron chi connectivity index (χ3n) is 3.75. The smallest absolute Gasteiger partial charge is 0.237 e. The maximum absolute atomic E-state index is 14.0. The molecule has 0 radical (unpaired) electrons. The molecule has 1 heterocycles. The van der Waals surface area contributed by atoms with Crippen LogP contribution in [0, 0.1) is 24.1 Å². The molecule has 2 aromatic rings. The highest BCUT2D eigenvalue weighted by Gasteiger charge is 2.17. The van der Waals surface area contributed by atoms with Crippen molar-refractivity contribution in [1.82, 2.24) is 4.98 Å². The van der Waals surface area contributed by atoms with Gasteiger partial charge in [0.25, 0.3) is 0 Å². The SMILES string of the molecule is Cc1cccc(Oc2nc3c(cc2C#N)CCCC3)c1F. The number of benzene rings is 1. The predicted molar refractivity (Wildman–Crippen MR) is 76.8 cm³/mol. The minimum atomic E-state index is -0.416. The van der Waals surface area contributed by atoms with Crippen LogP contribution in [0.3, 0.4) is 0 Å². The van der Waals surface area contributed by atoms with Crippen LogP contribution >= 0.6 is 0 Å². The van der Waals surface area contributed by atoms with Gasteiger partial charge in [0.05, 0.1) is 0 Å². The first kappa shape index (κ1) is 13.6. The van der Waals surface area contributed by atoms with E-state index in [-0.39, 0.29) is 11.6 Å². The molecule has 3 nitrogen and oxygen atoms in total. The molecule has 0 atom stereocenters. The predicted octanol–water partition coefficient (Wildman–Crippen LogP) is 4.07. The second-order valence-electron chi connectivity index (χ2n) is 5.25. The molecule has 0 N–H and O–H groups in total. The molecule has 0 spiro atoms. The fourth-order valence-electron chi connectivity index (χ4n) is 2.58. The highest BCUT2D eigenvalue weighted by atomic mass is 19.1. The Bertz CT molecular complexity index is 734. The number of ether oxygens (including phenoxy) is 1. The largest absolute Gasteiger partial charge is 0.435 e. The number of hydrogen-bond donors (Lipinski definition) is 0. The molecule has 0 aliphatic heterocycles. The van der Waals surface area contributed by atoms with Gasteiger partial charge in [-0.2, -0.15) is 5.26 Å². The molecule has 0 saturated heterocycles. The molecule has 0 unspecified atom stereocenters. The van der Waals surface area contributed by atoms with Gasteiger partial charge in [0, 0.05) is 5.69 Å². The molecule has 0 saturated carbocycles. The van der Waals surface area contributed by atoms with E-state index < -0.39 is 5.82 Å². The second kappa shape index (κ2) is 5.53. The maximum atomic E-state index is 14.0. The summed E-state index contributed by atoms with van der Waals surface area (Å²) in [6.07, 6.45) is 4.03. The van der Waals surface area contributed by atoms with Crippen LogP contribution in [0.5, 0.6) is 11.6 Å². The van der Waals surface area contributed by atoms with Crippen LogP contribution in [0.1, 0.15) is 35.2 Å². The summed E-state index contributed by atoms with van der Waals surface area (Å²) in [4.78, 5) is 4.44. The first-order valence-corrected chi connectivity index (χ1v) is 7.05. The first-order valence-electron chi connectivity index (χ1n) is 7.05. The van der Waals surface area contributed by atoms with Crippen molar-refractivity contribution >= 4 is 0 Å². The zero-order chi connectivity index (χ0) is 14.8. The number of pyridine rings is 1. The second-order valence-corrected chi connectivity index (χ2v) is 5.25. The summed E-state index contributed by atoms with van der Waals surface area (Å²) < 4.78 is 19.6. The minimum Gasteiger partial charge on any atom is -0.435 e. The van der Waals surface area contributed by atoms with Crippen molar-refractivity contribution in [3.8, 4) is 17.7 Å². The number of hydrogen-bond acceptors (Lipinski definition) is 3. The monoisotopic (exact) mass is 282 g/mol. The molecule has 0 fully saturated rings. The van der Waals surface area contributed by atoms with Gasteiger partial charge in [-0.05, 0) is 55.9 Å². The van der Waals surface area contributed by atoms with E-state index in [0.29, 0.717) is 11.1 Å². The number of fused-ring (bicyclic) bond motifs is 1. The molecular formula is C17H15FN2O. The summed E-state index contributed by atoms with van der Waals surface area (Å²) in [5.74, 6) is -0.113. The van der Waals surface area contributed by atoms with Crippen LogP contribution in [-0.2, 0) is 12.8 Å². The maximum Gasteiger partial charge on any atom is 0.237 e. The molecule has 21 heavy (non-hydrogen) atoms. The van der Waals surface area contributed by atoms with Crippen LogP contribution < -0.4 is 4.74 Å². The standard InChI is InChI=1S/C17H15FN2O/c1-11-5-4-8-15(16(11)18)21-17-13(10-19)9-12-6-2-3-7-14(12)20-17/h4-5,8-9H,2-3,6-7H2,1H3. The van der Waals surface area contributed by atoms with E-state index in [1.54, 1.807) is 25.1 Å². The molecule has 1 aliphatic rings. The van der Waals surface area contributed by atoms with Crippen LogP contribution in [-0.4, -0.2) is 4.98 Å². The number of aryl methyl sites for hydroxylation is 3. The average Bonchev–Trinajstić information content (AvgIpc) is 2.51. The zero-order valence-electron chi connectivity index (χ0n) is 11.8. The van der Waals surface area contributed by atoms with Crippen molar-refractivity contribution < 1.29 is 9.13 Å². The van der Waals surface area contributed by atoms with Gasteiger partial charge in [-0.3, -0.25) is 0 Å². The van der Waals surface area contributed by atoms with E-state index in [1.165, 1.54) is 0 Å². The van der Waals surface area contributed by atoms with Gasteiger partial charge in [-0.1, -0.05) is 12.1 Å². The summed E-state index contributed by atoms with van der Waals surface area (Å²) >= 11 is 0. The number of halogens is 1. The number of aromatic nitrogens is 1. The van der Waals surface area contributed by atoms with Gasteiger partial charge >= 0.3 is 0 Å². The Hall–Kier alpha value is -2.41. The summed E-state index contributed by atoms with van der Waals surface area (Å²) in [6.45, 7) is 1.67. The minimum absolute atomic E-state index is 0.106. The number of rotatable bonds is 2. The summed E-state index contributed by atoms with van der Waals surface area (Å²) in [6, 6.07) is 8.85. The van der Waals surface area contributed by atoms with E-state index in [1.807, 2.05) is 6.07 Å². The Morgan fingerprint density at radius 3 is 2.90 bits per heavy atom. The fraction of sp³-hybridized carbons (Fsp3) is 0.294. The van der Waals surface area contributed by atoms with Crippen molar-refractivity contribution in [2.75, 3.05) is 0 Å². The van der Waals surface area contributed by atoms with E-state index in [4.69, 9.17) is 4.74 Å². The molecule has 0 amide bonds. The lowest BCUT2D eigenvalue weighted by Crippen LogP contribution is -2.07. The molecular weight excluding hydrogens is 267 g/mol. The lowest BCUT2D eigenvalue weighted by Gasteiger charge is -2.17. The van der Waals surface area contributed by atoms with E-state index >= 15 is 0 Å². The van der Waals surface area contributed by atoms with Crippen LogP contribution in [0.2, 0.25) is 0 Å². The topological polar surface area (TPSA) is 45.9 Å². The average molecular weight is 282 g/mol. The van der Waals surface area contributed by atoms with Gasteiger partial charge in [0.1, 0.15) is 11.6 Å². The molecule has 106 valence electrons. The lowest BCUT2D eigenvalue weighted by molar-refractivity contribution is 0.421. The third kappa shape index (κ3) is 2.59. The Morgan fingerprint density at radius 1 is 1.29 bits per heavy atom. The third-order valence-corrected chi connectivity index (χ3v) is 3.75. The molecule has 1 aliphatic carbocycles. The molecule has 1 aromatic carbocycles. The quantitative estimate of drug-likeness (QED) is 0.834. The lowest BCUT2D eigenvalue weighted by atomic mass is 9.95. The number of nitrogens with zero attached hydrogens (tertiary/aromatic N) is 2. The Labute approximate surface area is 123 Å². The summed E-state index contributed by atoms with van der Waals surface area (Å²) in [5.41, 5.74) is 2.93. The molecule has 3 rings (SSSR count). The van der Waals surface area contributed by atoms with Crippen LogP contribution in [0.25, 0.3) is 0 Å². The van der Waals surface area contributed by atoms with Crippen LogP contribution in [0.4, 0.5) is 4.39 Å². The van der Waals surface area contributed by atoms with Crippen molar-refractivity contribution in [2.24, 2.45) is 0 Å². The normalized spacial score (nSPS) is 13.4. The first-order chi connectivity index (χ1) is 10.2. The van der Waals surface area contributed by atoms with Gasteiger partial charge in [0.2, 0.25) is 5.88 Å². The van der Waals surface area contributed by atoms with E-state index in [0.717, 1.165) is 36.9 Å². The number of nitriles is 1. The van der Waals surface area contributed by atoms with Gasteiger partial charge < -0.3 is 4.74 Å². The molecule has 0 bridgehead atoms. The Balaban J connectivity index is 2.02. The van der Waals surface area contributed by atoms with Crippen LogP contribution in [0.15, 0.2) is 24.3 Å². The van der Waals surface area contributed by atoms with E-state index in [9.17, 15) is 9.65 Å².